The van der Waals surface area contributed by atoms with E-state index in [0.29, 0.717) is 11.6 Å². The number of amides is 1. The highest BCUT2D eigenvalue weighted by Crippen LogP contribution is 2.30. The van der Waals surface area contributed by atoms with Crippen LogP contribution < -0.4 is 10.6 Å². The topological polar surface area (TPSA) is 54.0 Å². The summed E-state index contributed by atoms with van der Waals surface area (Å²) in [5.41, 5.74) is 1.40. The van der Waals surface area contributed by atoms with Crippen molar-refractivity contribution in [2.75, 3.05) is 18.9 Å². The number of aromatic nitrogens is 1. The van der Waals surface area contributed by atoms with E-state index in [-0.39, 0.29) is 5.91 Å². The summed E-state index contributed by atoms with van der Waals surface area (Å²) in [6.07, 6.45) is 8.05. The second kappa shape index (κ2) is 7.27. The molecule has 0 radical (unpaired) electrons. The smallest absolute Gasteiger partial charge is 0.269 e. The SMILES string of the molecule is CCC1CCC(CNC(=O)c2cc(NC)ccn2)CC1. The van der Waals surface area contributed by atoms with E-state index in [2.05, 4.69) is 22.5 Å². The number of carbonyl (C=O) groups is 1. The minimum absolute atomic E-state index is 0.0697. The molecule has 110 valence electrons. The molecule has 1 fully saturated rings. The molecule has 0 unspecified atom stereocenters. The predicted molar refractivity (Wildman–Crippen MR) is 81.9 cm³/mol. The number of nitrogens with zero attached hydrogens (tertiary/aromatic N) is 1. The molecule has 0 bridgehead atoms. The van der Waals surface area contributed by atoms with Crippen molar-refractivity contribution >= 4 is 11.6 Å². The summed E-state index contributed by atoms with van der Waals surface area (Å²) in [4.78, 5) is 16.2. The van der Waals surface area contributed by atoms with E-state index in [1.807, 2.05) is 13.1 Å². The molecule has 0 aromatic carbocycles. The number of carbonyl (C=O) groups excluding carboxylic acids is 1. The standard InChI is InChI=1S/C16H25N3O/c1-3-12-4-6-13(7-5-12)11-19-16(20)15-10-14(17-2)8-9-18-15/h8-10,12-13H,3-7,11H2,1-2H3,(H,17,18)(H,19,20). The first-order valence-electron chi connectivity index (χ1n) is 7.65. The third-order valence-electron chi connectivity index (χ3n) is 4.38. The van der Waals surface area contributed by atoms with Gasteiger partial charge in [-0.25, -0.2) is 0 Å². The lowest BCUT2D eigenvalue weighted by Gasteiger charge is -2.27. The van der Waals surface area contributed by atoms with Crippen molar-refractivity contribution in [1.29, 1.82) is 0 Å². The lowest BCUT2D eigenvalue weighted by molar-refractivity contribution is 0.0936. The van der Waals surface area contributed by atoms with Gasteiger partial charge in [0.2, 0.25) is 0 Å². The van der Waals surface area contributed by atoms with Crippen LogP contribution in [0.1, 0.15) is 49.5 Å². The van der Waals surface area contributed by atoms with E-state index in [9.17, 15) is 4.79 Å². The maximum absolute atomic E-state index is 12.1. The van der Waals surface area contributed by atoms with E-state index in [4.69, 9.17) is 0 Å². The largest absolute Gasteiger partial charge is 0.388 e. The predicted octanol–water partition coefficient (Wildman–Crippen LogP) is 3.07. The lowest BCUT2D eigenvalue weighted by Crippen LogP contribution is -2.31. The molecular weight excluding hydrogens is 250 g/mol. The number of hydrogen-bond donors (Lipinski definition) is 2. The van der Waals surface area contributed by atoms with Crippen LogP contribution >= 0.6 is 0 Å². The first kappa shape index (κ1) is 14.8. The van der Waals surface area contributed by atoms with Crippen molar-refractivity contribution in [2.24, 2.45) is 11.8 Å². The van der Waals surface area contributed by atoms with Crippen LogP contribution in [0.15, 0.2) is 18.3 Å². The molecule has 1 aromatic rings. The summed E-state index contributed by atoms with van der Waals surface area (Å²) in [6, 6.07) is 3.63. The molecule has 20 heavy (non-hydrogen) atoms. The van der Waals surface area contributed by atoms with Gasteiger partial charge in [-0.3, -0.25) is 9.78 Å². The molecule has 1 aromatic heterocycles. The Morgan fingerprint density at radius 1 is 1.30 bits per heavy atom. The third kappa shape index (κ3) is 3.95. The summed E-state index contributed by atoms with van der Waals surface area (Å²) in [5, 5.41) is 6.04. The number of rotatable bonds is 5. The second-order valence-corrected chi connectivity index (χ2v) is 5.68. The number of hydrogen-bond acceptors (Lipinski definition) is 3. The number of pyridine rings is 1. The monoisotopic (exact) mass is 275 g/mol. The Balaban J connectivity index is 1.80. The number of anilines is 1. The maximum atomic E-state index is 12.1. The van der Waals surface area contributed by atoms with E-state index < -0.39 is 0 Å². The first-order chi connectivity index (χ1) is 9.72. The molecule has 1 saturated carbocycles. The Kier molecular flexibility index (Phi) is 5.39. The van der Waals surface area contributed by atoms with Gasteiger partial charge in [-0.2, -0.15) is 0 Å². The molecule has 2 rings (SSSR count). The van der Waals surface area contributed by atoms with Crippen LogP contribution in [0.25, 0.3) is 0 Å². The summed E-state index contributed by atoms with van der Waals surface area (Å²) in [7, 11) is 1.84. The van der Waals surface area contributed by atoms with Crippen molar-refractivity contribution in [1.82, 2.24) is 10.3 Å². The van der Waals surface area contributed by atoms with Crippen LogP contribution in [-0.4, -0.2) is 24.5 Å². The third-order valence-corrected chi connectivity index (χ3v) is 4.38. The zero-order chi connectivity index (χ0) is 14.4. The zero-order valence-corrected chi connectivity index (χ0v) is 12.5. The van der Waals surface area contributed by atoms with Crippen LogP contribution in [0.5, 0.6) is 0 Å². The Bertz CT molecular complexity index is 439. The first-order valence-corrected chi connectivity index (χ1v) is 7.65. The van der Waals surface area contributed by atoms with Crippen LogP contribution in [0.3, 0.4) is 0 Å². The molecule has 4 nitrogen and oxygen atoms in total. The van der Waals surface area contributed by atoms with Gasteiger partial charge in [0, 0.05) is 25.5 Å². The van der Waals surface area contributed by atoms with Crippen LogP contribution in [0.2, 0.25) is 0 Å². The minimum Gasteiger partial charge on any atom is -0.388 e. The fourth-order valence-electron chi connectivity index (χ4n) is 2.88. The van der Waals surface area contributed by atoms with Gasteiger partial charge >= 0.3 is 0 Å². The lowest BCUT2D eigenvalue weighted by atomic mass is 9.81. The highest BCUT2D eigenvalue weighted by Gasteiger charge is 2.20. The van der Waals surface area contributed by atoms with E-state index >= 15 is 0 Å². The van der Waals surface area contributed by atoms with E-state index in [0.717, 1.165) is 18.2 Å². The molecule has 1 amide bonds. The number of nitrogens with one attached hydrogen (secondary N) is 2. The molecule has 0 atom stereocenters. The highest BCUT2D eigenvalue weighted by atomic mass is 16.1. The molecule has 1 aliphatic rings. The van der Waals surface area contributed by atoms with Crippen molar-refractivity contribution < 1.29 is 4.79 Å². The second-order valence-electron chi connectivity index (χ2n) is 5.68. The maximum Gasteiger partial charge on any atom is 0.269 e. The molecule has 1 aliphatic carbocycles. The van der Waals surface area contributed by atoms with Crippen molar-refractivity contribution in [2.45, 2.75) is 39.0 Å². The highest BCUT2D eigenvalue weighted by molar-refractivity contribution is 5.93. The average molecular weight is 275 g/mol. The Morgan fingerprint density at radius 2 is 2.00 bits per heavy atom. The van der Waals surface area contributed by atoms with Crippen LogP contribution in [0, 0.1) is 11.8 Å². The van der Waals surface area contributed by atoms with Gasteiger partial charge in [-0.15, -0.1) is 0 Å². The van der Waals surface area contributed by atoms with Crippen molar-refractivity contribution in [3.63, 3.8) is 0 Å². The Morgan fingerprint density at radius 3 is 2.65 bits per heavy atom. The molecule has 0 spiro atoms. The van der Waals surface area contributed by atoms with Crippen molar-refractivity contribution in [3.8, 4) is 0 Å². The summed E-state index contributed by atoms with van der Waals surface area (Å²) < 4.78 is 0. The molecular formula is C16H25N3O. The van der Waals surface area contributed by atoms with Gasteiger partial charge in [0.1, 0.15) is 5.69 Å². The van der Waals surface area contributed by atoms with Gasteiger partial charge in [-0.1, -0.05) is 26.2 Å². The van der Waals surface area contributed by atoms with Gasteiger partial charge in [0.05, 0.1) is 0 Å². The zero-order valence-electron chi connectivity index (χ0n) is 12.5. The fourth-order valence-corrected chi connectivity index (χ4v) is 2.88. The van der Waals surface area contributed by atoms with Gasteiger partial charge < -0.3 is 10.6 Å². The molecule has 1 heterocycles. The Labute approximate surface area is 121 Å². The van der Waals surface area contributed by atoms with Gasteiger partial charge in [0.15, 0.2) is 0 Å². The van der Waals surface area contributed by atoms with Crippen LogP contribution in [-0.2, 0) is 0 Å². The molecule has 0 aliphatic heterocycles. The Hall–Kier alpha value is -1.58. The van der Waals surface area contributed by atoms with E-state index in [1.165, 1.54) is 32.1 Å². The van der Waals surface area contributed by atoms with E-state index in [1.54, 1.807) is 12.3 Å². The molecule has 0 saturated heterocycles. The van der Waals surface area contributed by atoms with Gasteiger partial charge in [0.25, 0.3) is 5.91 Å². The minimum atomic E-state index is -0.0697. The summed E-state index contributed by atoms with van der Waals surface area (Å²) in [6.45, 7) is 3.05. The van der Waals surface area contributed by atoms with Gasteiger partial charge in [-0.05, 0) is 36.8 Å². The normalized spacial score (nSPS) is 22.3. The average Bonchev–Trinajstić information content (AvgIpc) is 2.53. The van der Waals surface area contributed by atoms with Crippen LogP contribution in [0.4, 0.5) is 5.69 Å². The van der Waals surface area contributed by atoms with Crippen molar-refractivity contribution in [3.05, 3.63) is 24.0 Å². The summed E-state index contributed by atoms with van der Waals surface area (Å²) in [5.74, 6) is 1.46. The fraction of sp³-hybridized carbons (Fsp3) is 0.625. The molecule has 2 N–H and O–H groups in total. The molecule has 4 heteroatoms. The summed E-state index contributed by atoms with van der Waals surface area (Å²) >= 11 is 0. The quantitative estimate of drug-likeness (QED) is 0.868.